The molecule has 3 heteroatoms. The zero-order valence-corrected chi connectivity index (χ0v) is 12.9. The molecule has 20 heavy (non-hydrogen) atoms. The number of hydrogen-bond acceptors (Lipinski definition) is 3. The van der Waals surface area contributed by atoms with E-state index in [1.165, 1.54) is 37.7 Å². The molecule has 0 saturated heterocycles. The third kappa shape index (κ3) is 5.14. The Morgan fingerprint density at radius 3 is 2.80 bits per heavy atom. The molecule has 0 unspecified atom stereocenters. The first-order valence-electron chi connectivity index (χ1n) is 7.83. The Balaban J connectivity index is 1.67. The average Bonchev–Trinajstić information content (AvgIpc) is 2.48. The van der Waals surface area contributed by atoms with Crippen molar-refractivity contribution in [3.8, 4) is 5.75 Å². The number of hydrogen-bond donors (Lipinski definition) is 1. The van der Waals surface area contributed by atoms with Crippen LogP contribution >= 0.6 is 0 Å². The van der Waals surface area contributed by atoms with Crippen LogP contribution in [-0.4, -0.2) is 38.2 Å². The normalized spacial score (nSPS) is 16.6. The molecule has 2 rings (SSSR count). The first-order chi connectivity index (χ1) is 9.78. The Morgan fingerprint density at radius 2 is 2.05 bits per heavy atom. The van der Waals surface area contributed by atoms with Gasteiger partial charge in [0.25, 0.3) is 0 Å². The quantitative estimate of drug-likeness (QED) is 0.828. The summed E-state index contributed by atoms with van der Waals surface area (Å²) in [4.78, 5) is 2.37. The van der Waals surface area contributed by atoms with Gasteiger partial charge in [0.15, 0.2) is 0 Å². The van der Waals surface area contributed by atoms with Crippen LogP contribution in [0.4, 0.5) is 0 Å². The molecule has 0 aromatic heterocycles. The zero-order valence-electron chi connectivity index (χ0n) is 12.9. The fourth-order valence-corrected chi connectivity index (χ4v) is 2.93. The van der Waals surface area contributed by atoms with Gasteiger partial charge in [-0.05, 0) is 37.6 Å². The Hall–Kier alpha value is -1.06. The van der Waals surface area contributed by atoms with Gasteiger partial charge in [0.1, 0.15) is 5.75 Å². The second-order valence-electron chi connectivity index (χ2n) is 5.88. The highest BCUT2D eigenvalue weighted by Crippen LogP contribution is 2.17. The summed E-state index contributed by atoms with van der Waals surface area (Å²) in [5.74, 6) is 0.941. The number of methoxy groups -OCH3 is 1. The maximum Gasteiger partial charge on any atom is 0.119 e. The minimum absolute atomic E-state index is 0.758. The molecule has 0 heterocycles. The van der Waals surface area contributed by atoms with Gasteiger partial charge < -0.3 is 15.0 Å². The molecule has 112 valence electrons. The van der Waals surface area contributed by atoms with Crippen LogP contribution in [0.15, 0.2) is 24.3 Å². The van der Waals surface area contributed by atoms with Gasteiger partial charge in [-0.3, -0.25) is 0 Å². The van der Waals surface area contributed by atoms with Crippen LogP contribution < -0.4 is 10.1 Å². The molecule has 1 saturated carbocycles. The van der Waals surface area contributed by atoms with Gasteiger partial charge in [0.05, 0.1) is 7.11 Å². The molecule has 1 N–H and O–H groups in total. The third-order valence-corrected chi connectivity index (χ3v) is 4.12. The van der Waals surface area contributed by atoms with Gasteiger partial charge in [-0.2, -0.15) is 0 Å². The molecule has 1 aliphatic rings. The highest BCUT2D eigenvalue weighted by Gasteiger charge is 2.12. The van der Waals surface area contributed by atoms with Crippen molar-refractivity contribution in [2.24, 2.45) is 0 Å². The molecule has 3 nitrogen and oxygen atoms in total. The number of benzene rings is 1. The predicted octanol–water partition coefficient (Wildman–Crippen LogP) is 3.05. The van der Waals surface area contributed by atoms with E-state index in [-0.39, 0.29) is 0 Å². The number of nitrogens with one attached hydrogen (secondary N) is 1. The van der Waals surface area contributed by atoms with E-state index in [4.69, 9.17) is 4.74 Å². The van der Waals surface area contributed by atoms with Crippen LogP contribution in [0.2, 0.25) is 0 Å². The van der Waals surface area contributed by atoms with E-state index in [9.17, 15) is 0 Å². The van der Waals surface area contributed by atoms with E-state index in [1.54, 1.807) is 7.11 Å². The minimum atomic E-state index is 0.758. The van der Waals surface area contributed by atoms with Crippen LogP contribution in [0.25, 0.3) is 0 Å². The summed E-state index contributed by atoms with van der Waals surface area (Å²) in [6.45, 7) is 3.16. The van der Waals surface area contributed by atoms with Crippen molar-refractivity contribution in [2.75, 3.05) is 27.2 Å². The van der Waals surface area contributed by atoms with Crippen molar-refractivity contribution in [2.45, 2.75) is 44.7 Å². The van der Waals surface area contributed by atoms with Gasteiger partial charge in [-0.25, -0.2) is 0 Å². The average molecular weight is 276 g/mol. The molecule has 0 amide bonds. The van der Waals surface area contributed by atoms with Crippen molar-refractivity contribution < 1.29 is 4.74 Å². The summed E-state index contributed by atoms with van der Waals surface area (Å²) in [5, 5.41) is 3.69. The van der Waals surface area contributed by atoms with E-state index in [1.807, 2.05) is 6.07 Å². The molecule has 0 aliphatic heterocycles. The molecule has 1 aromatic carbocycles. The maximum absolute atomic E-state index is 5.27. The molecule has 0 radical (unpaired) electrons. The van der Waals surface area contributed by atoms with Gasteiger partial charge in [-0.1, -0.05) is 31.4 Å². The third-order valence-electron chi connectivity index (χ3n) is 4.12. The van der Waals surface area contributed by atoms with Crippen LogP contribution in [0, 0.1) is 0 Å². The monoisotopic (exact) mass is 276 g/mol. The van der Waals surface area contributed by atoms with E-state index in [0.717, 1.165) is 31.4 Å². The molecule has 1 fully saturated rings. The lowest BCUT2D eigenvalue weighted by Gasteiger charge is -2.24. The Labute approximate surface area is 123 Å². The standard InChI is InChI=1S/C17H28N2O/c1-19(12-11-18-16-8-4-3-5-9-16)14-15-7-6-10-17(13-15)20-2/h6-7,10,13,16,18H,3-5,8-9,11-12,14H2,1-2H3. The first-order valence-corrected chi connectivity index (χ1v) is 7.83. The maximum atomic E-state index is 5.27. The van der Waals surface area contributed by atoms with Gasteiger partial charge in [-0.15, -0.1) is 0 Å². The van der Waals surface area contributed by atoms with Crippen molar-refractivity contribution in [3.63, 3.8) is 0 Å². The van der Waals surface area contributed by atoms with E-state index in [2.05, 4.69) is 35.5 Å². The van der Waals surface area contributed by atoms with Crippen LogP contribution in [0.5, 0.6) is 5.75 Å². The topological polar surface area (TPSA) is 24.5 Å². The van der Waals surface area contributed by atoms with Gasteiger partial charge >= 0.3 is 0 Å². The molecule has 0 atom stereocenters. The second-order valence-corrected chi connectivity index (χ2v) is 5.88. The summed E-state index contributed by atoms with van der Waals surface area (Å²) in [5.41, 5.74) is 1.31. The summed E-state index contributed by atoms with van der Waals surface area (Å²) in [6, 6.07) is 9.09. The lowest BCUT2D eigenvalue weighted by atomic mass is 9.95. The highest BCUT2D eigenvalue weighted by atomic mass is 16.5. The van der Waals surface area contributed by atoms with Crippen LogP contribution in [-0.2, 0) is 6.54 Å². The molecule has 1 aliphatic carbocycles. The fourth-order valence-electron chi connectivity index (χ4n) is 2.93. The van der Waals surface area contributed by atoms with E-state index in [0.29, 0.717) is 0 Å². The second kappa shape index (κ2) is 8.28. The summed E-state index contributed by atoms with van der Waals surface area (Å²) in [6.07, 6.45) is 6.95. The molecular weight excluding hydrogens is 248 g/mol. The summed E-state index contributed by atoms with van der Waals surface area (Å²) < 4.78 is 5.27. The minimum Gasteiger partial charge on any atom is -0.497 e. The van der Waals surface area contributed by atoms with E-state index >= 15 is 0 Å². The smallest absolute Gasteiger partial charge is 0.119 e. The SMILES string of the molecule is COc1cccc(CN(C)CCNC2CCCCC2)c1. The predicted molar refractivity (Wildman–Crippen MR) is 84.2 cm³/mol. The lowest BCUT2D eigenvalue weighted by molar-refractivity contribution is 0.300. The zero-order chi connectivity index (χ0) is 14.2. The highest BCUT2D eigenvalue weighted by molar-refractivity contribution is 5.28. The number of rotatable bonds is 7. The fraction of sp³-hybridized carbons (Fsp3) is 0.647. The van der Waals surface area contributed by atoms with Crippen molar-refractivity contribution in [3.05, 3.63) is 29.8 Å². The van der Waals surface area contributed by atoms with Crippen molar-refractivity contribution >= 4 is 0 Å². The van der Waals surface area contributed by atoms with Crippen LogP contribution in [0.1, 0.15) is 37.7 Å². The Kier molecular flexibility index (Phi) is 6.34. The Bertz CT molecular complexity index is 388. The first kappa shape index (κ1) is 15.3. The summed E-state index contributed by atoms with van der Waals surface area (Å²) >= 11 is 0. The molecule has 0 spiro atoms. The van der Waals surface area contributed by atoms with Crippen molar-refractivity contribution in [1.82, 2.24) is 10.2 Å². The number of ether oxygens (including phenoxy) is 1. The largest absolute Gasteiger partial charge is 0.497 e. The lowest BCUT2D eigenvalue weighted by Crippen LogP contribution is -2.36. The van der Waals surface area contributed by atoms with Gasteiger partial charge in [0.2, 0.25) is 0 Å². The molecular formula is C17H28N2O. The summed E-state index contributed by atoms with van der Waals surface area (Å²) in [7, 11) is 3.90. The van der Waals surface area contributed by atoms with Crippen LogP contribution in [0.3, 0.4) is 0 Å². The molecule has 1 aromatic rings. The molecule has 0 bridgehead atoms. The number of likely N-dealkylation sites (N-methyl/N-ethyl adjacent to an activating group) is 1. The van der Waals surface area contributed by atoms with Gasteiger partial charge in [0, 0.05) is 25.7 Å². The van der Waals surface area contributed by atoms with Crippen molar-refractivity contribution in [1.29, 1.82) is 0 Å². The van der Waals surface area contributed by atoms with E-state index < -0.39 is 0 Å². The number of nitrogens with zero attached hydrogens (tertiary/aromatic N) is 1. The Morgan fingerprint density at radius 1 is 1.25 bits per heavy atom.